The smallest absolute Gasteiger partial charge is 0.317 e. The molecule has 2 aromatic carbocycles. The molecule has 0 bridgehead atoms. The van der Waals surface area contributed by atoms with E-state index in [-0.39, 0.29) is 12.6 Å². The minimum atomic E-state index is -0.839. The van der Waals surface area contributed by atoms with Crippen LogP contribution in [0.25, 0.3) is 0 Å². The first kappa shape index (κ1) is 13.3. The summed E-state index contributed by atoms with van der Waals surface area (Å²) < 4.78 is 0. The van der Waals surface area contributed by atoms with Crippen molar-refractivity contribution in [3.05, 3.63) is 71.8 Å². The van der Waals surface area contributed by atoms with Crippen LogP contribution in [0, 0.1) is 0 Å². The second-order valence-electron chi connectivity index (χ2n) is 4.43. The Morgan fingerprint density at radius 3 is 2.16 bits per heavy atom. The minimum absolute atomic E-state index is 0.0136. The van der Waals surface area contributed by atoms with Crippen LogP contribution in [0.2, 0.25) is 0 Å². The molecule has 1 unspecified atom stereocenters. The van der Waals surface area contributed by atoms with Crippen molar-refractivity contribution in [2.45, 2.75) is 12.5 Å². The van der Waals surface area contributed by atoms with Gasteiger partial charge in [-0.05, 0) is 17.5 Å². The maximum absolute atomic E-state index is 10.7. The Labute approximate surface area is 112 Å². The summed E-state index contributed by atoms with van der Waals surface area (Å²) in [6, 6.07) is 20.0. The first-order valence-corrected chi connectivity index (χ1v) is 6.30. The number of rotatable bonds is 6. The third-order valence-corrected chi connectivity index (χ3v) is 2.98. The zero-order chi connectivity index (χ0) is 13.5. The molecular weight excluding hydrogens is 238 g/mol. The Morgan fingerprint density at radius 1 is 1.00 bits per heavy atom. The summed E-state index contributed by atoms with van der Waals surface area (Å²) in [7, 11) is 0. The molecule has 1 atom stereocenters. The Morgan fingerprint density at radius 2 is 1.58 bits per heavy atom. The number of hydrogen-bond acceptors (Lipinski definition) is 2. The Kier molecular flexibility index (Phi) is 4.70. The molecule has 0 saturated heterocycles. The maximum atomic E-state index is 10.7. The van der Waals surface area contributed by atoms with Crippen LogP contribution in [0.5, 0.6) is 0 Å². The van der Waals surface area contributed by atoms with Gasteiger partial charge in [-0.3, -0.25) is 10.1 Å². The largest absolute Gasteiger partial charge is 0.480 e. The van der Waals surface area contributed by atoms with Gasteiger partial charge in [0.25, 0.3) is 0 Å². The van der Waals surface area contributed by atoms with E-state index in [2.05, 4.69) is 17.4 Å². The van der Waals surface area contributed by atoms with Gasteiger partial charge in [-0.1, -0.05) is 60.7 Å². The molecule has 2 rings (SSSR count). The fourth-order valence-electron chi connectivity index (χ4n) is 2.05. The molecule has 19 heavy (non-hydrogen) atoms. The van der Waals surface area contributed by atoms with Crippen molar-refractivity contribution in [1.82, 2.24) is 5.32 Å². The van der Waals surface area contributed by atoms with Gasteiger partial charge < -0.3 is 5.11 Å². The van der Waals surface area contributed by atoms with Crippen molar-refractivity contribution < 1.29 is 9.90 Å². The van der Waals surface area contributed by atoms with E-state index in [0.29, 0.717) is 0 Å². The second-order valence-corrected chi connectivity index (χ2v) is 4.43. The van der Waals surface area contributed by atoms with Crippen LogP contribution in [0.1, 0.15) is 17.2 Å². The summed E-state index contributed by atoms with van der Waals surface area (Å²) in [6.45, 7) is -0.0353. The van der Waals surface area contributed by atoms with E-state index >= 15 is 0 Å². The van der Waals surface area contributed by atoms with Crippen LogP contribution < -0.4 is 5.32 Å². The molecule has 0 aliphatic carbocycles. The molecular formula is C16H17NO2. The molecule has 0 aromatic heterocycles. The average Bonchev–Trinajstić information content (AvgIpc) is 2.45. The molecule has 3 heteroatoms. The molecule has 0 saturated carbocycles. The maximum Gasteiger partial charge on any atom is 0.317 e. The highest BCUT2D eigenvalue weighted by Gasteiger charge is 2.12. The highest BCUT2D eigenvalue weighted by atomic mass is 16.4. The highest BCUT2D eigenvalue weighted by molar-refractivity contribution is 5.69. The van der Waals surface area contributed by atoms with Crippen molar-refractivity contribution in [2.75, 3.05) is 6.54 Å². The van der Waals surface area contributed by atoms with Crippen LogP contribution in [-0.4, -0.2) is 17.6 Å². The summed E-state index contributed by atoms with van der Waals surface area (Å²) in [5.41, 5.74) is 2.29. The molecule has 0 spiro atoms. The van der Waals surface area contributed by atoms with Gasteiger partial charge in [-0.15, -0.1) is 0 Å². The summed E-state index contributed by atoms with van der Waals surface area (Å²) in [5, 5.41) is 11.9. The topological polar surface area (TPSA) is 49.3 Å². The average molecular weight is 255 g/mol. The molecule has 98 valence electrons. The summed E-state index contributed by atoms with van der Waals surface area (Å²) in [5.74, 6) is -0.839. The standard InChI is InChI=1S/C16H17NO2/c18-16(19)12-17-15(14-9-5-2-6-10-14)11-13-7-3-1-4-8-13/h1-10,15,17H,11-12H2,(H,18,19). The zero-order valence-corrected chi connectivity index (χ0v) is 10.6. The van der Waals surface area contributed by atoms with Gasteiger partial charge in [0.15, 0.2) is 0 Å². The van der Waals surface area contributed by atoms with Crippen LogP contribution >= 0.6 is 0 Å². The van der Waals surface area contributed by atoms with Crippen LogP contribution in [0.3, 0.4) is 0 Å². The van der Waals surface area contributed by atoms with E-state index in [4.69, 9.17) is 5.11 Å². The number of aliphatic carboxylic acids is 1. The van der Waals surface area contributed by atoms with Gasteiger partial charge in [0.1, 0.15) is 0 Å². The lowest BCUT2D eigenvalue weighted by atomic mass is 9.99. The molecule has 3 nitrogen and oxygen atoms in total. The van der Waals surface area contributed by atoms with Crippen molar-refractivity contribution >= 4 is 5.97 Å². The second kappa shape index (κ2) is 6.71. The van der Waals surface area contributed by atoms with Gasteiger partial charge in [-0.2, -0.15) is 0 Å². The van der Waals surface area contributed by atoms with E-state index in [1.165, 1.54) is 5.56 Å². The Hall–Kier alpha value is -2.13. The molecule has 0 amide bonds. The third-order valence-electron chi connectivity index (χ3n) is 2.98. The molecule has 0 fully saturated rings. The zero-order valence-electron chi connectivity index (χ0n) is 10.6. The lowest BCUT2D eigenvalue weighted by molar-refractivity contribution is -0.136. The van der Waals surface area contributed by atoms with Crippen LogP contribution in [0.15, 0.2) is 60.7 Å². The predicted octanol–water partition coefficient (Wildman–Crippen LogP) is 2.64. The van der Waals surface area contributed by atoms with Crippen molar-refractivity contribution in [2.24, 2.45) is 0 Å². The van der Waals surface area contributed by atoms with E-state index in [1.54, 1.807) is 0 Å². The Bertz CT molecular complexity index is 511. The molecule has 2 N–H and O–H groups in total. The van der Waals surface area contributed by atoms with Gasteiger partial charge in [-0.25, -0.2) is 0 Å². The van der Waals surface area contributed by atoms with Crippen molar-refractivity contribution in [3.63, 3.8) is 0 Å². The number of carboxylic acid groups (broad SMARTS) is 1. The fourth-order valence-corrected chi connectivity index (χ4v) is 2.05. The lowest BCUT2D eigenvalue weighted by Gasteiger charge is -2.18. The summed E-state index contributed by atoms with van der Waals surface area (Å²) >= 11 is 0. The molecule has 0 aliphatic heterocycles. The van der Waals surface area contributed by atoms with Gasteiger partial charge in [0, 0.05) is 6.04 Å². The van der Waals surface area contributed by atoms with Crippen LogP contribution in [-0.2, 0) is 11.2 Å². The predicted molar refractivity (Wildman–Crippen MR) is 75.0 cm³/mol. The highest BCUT2D eigenvalue weighted by Crippen LogP contribution is 2.17. The van der Waals surface area contributed by atoms with Gasteiger partial charge >= 0.3 is 5.97 Å². The van der Waals surface area contributed by atoms with Crippen molar-refractivity contribution in [3.8, 4) is 0 Å². The molecule has 0 radical (unpaired) electrons. The monoisotopic (exact) mass is 255 g/mol. The number of nitrogens with one attached hydrogen (secondary N) is 1. The van der Waals surface area contributed by atoms with Gasteiger partial charge in [0.05, 0.1) is 6.54 Å². The van der Waals surface area contributed by atoms with E-state index in [9.17, 15) is 4.79 Å². The number of hydrogen-bond donors (Lipinski definition) is 2. The van der Waals surface area contributed by atoms with Crippen molar-refractivity contribution in [1.29, 1.82) is 0 Å². The van der Waals surface area contributed by atoms with E-state index < -0.39 is 5.97 Å². The quantitative estimate of drug-likeness (QED) is 0.834. The van der Waals surface area contributed by atoms with E-state index in [0.717, 1.165) is 12.0 Å². The minimum Gasteiger partial charge on any atom is -0.480 e. The fraction of sp³-hybridized carbons (Fsp3) is 0.188. The number of carboxylic acids is 1. The lowest BCUT2D eigenvalue weighted by Crippen LogP contribution is -2.28. The number of benzene rings is 2. The molecule has 0 aliphatic rings. The van der Waals surface area contributed by atoms with E-state index in [1.807, 2.05) is 48.5 Å². The number of carbonyl (C=O) groups is 1. The first-order valence-electron chi connectivity index (χ1n) is 6.30. The van der Waals surface area contributed by atoms with Gasteiger partial charge in [0.2, 0.25) is 0 Å². The summed E-state index contributed by atoms with van der Waals surface area (Å²) in [4.78, 5) is 10.7. The normalized spacial score (nSPS) is 12.0. The Balaban J connectivity index is 2.12. The molecule has 0 heterocycles. The SMILES string of the molecule is O=C(O)CNC(Cc1ccccc1)c1ccccc1. The summed E-state index contributed by atoms with van der Waals surface area (Å²) in [6.07, 6.45) is 0.776. The first-order chi connectivity index (χ1) is 9.25. The molecule has 2 aromatic rings. The van der Waals surface area contributed by atoms with Crippen LogP contribution in [0.4, 0.5) is 0 Å². The third kappa shape index (κ3) is 4.23.